The summed E-state index contributed by atoms with van der Waals surface area (Å²) < 4.78 is 26.9. The van der Waals surface area contributed by atoms with Crippen molar-refractivity contribution in [2.45, 2.75) is 114 Å². The fourth-order valence-electron chi connectivity index (χ4n) is 4.84. The van der Waals surface area contributed by atoms with E-state index < -0.39 is 5.92 Å². The third kappa shape index (κ3) is 18.4. The molecule has 1 N–H and O–H groups in total. The summed E-state index contributed by atoms with van der Waals surface area (Å²) in [6, 6.07) is 5.43. The van der Waals surface area contributed by atoms with Crippen LogP contribution in [0.4, 0.5) is 8.78 Å². The van der Waals surface area contributed by atoms with E-state index in [0.717, 1.165) is 49.0 Å². The summed E-state index contributed by atoms with van der Waals surface area (Å²) >= 11 is 0. The van der Waals surface area contributed by atoms with E-state index in [0.29, 0.717) is 12.3 Å². The van der Waals surface area contributed by atoms with Crippen LogP contribution in [0.2, 0.25) is 0 Å². The van der Waals surface area contributed by atoms with E-state index in [1.807, 2.05) is 74.6 Å². The first-order chi connectivity index (χ1) is 21.1. The minimum Gasteiger partial charge on any atom is -0.388 e. The Morgan fingerprint density at radius 2 is 1.57 bits per heavy atom. The number of aryl methyl sites for hydroxylation is 1. The van der Waals surface area contributed by atoms with Crippen molar-refractivity contribution in [2.75, 3.05) is 34.2 Å². The molecule has 1 aliphatic rings. The van der Waals surface area contributed by atoms with Crippen molar-refractivity contribution in [1.29, 1.82) is 0 Å². The van der Waals surface area contributed by atoms with Crippen LogP contribution in [0.5, 0.6) is 0 Å². The van der Waals surface area contributed by atoms with Crippen molar-refractivity contribution in [3.8, 4) is 0 Å². The van der Waals surface area contributed by atoms with Crippen molar-refractivity contribution in [3.05, 3.63) is 94.8 Å². The molecule has 5 heteroatoms. The summed E-state index contributed by atoms with van der Waals surface area (Å²) in [5, 5.41) is 3.55. The molecule has 1 aromatic rings. The lowest BCUT2D eigenvalue weighted by molar-refractivity contribution is 0.0164. The van der Waals surface area contributed by atoms with Gasteiger partial charge in [-0.2, -0.15) is 0 Å². The standard InChI is InChI=1S/C21H35N3.C14H20F2.C4H8.C2H6/c1-9-19-13-18(10-11-20(19)22-6)12-16(2)17(3)23-14-21(4,5)15-24(7)8;1-6-10-7-8-11(13(2,3)4)9-12(10)14(5,15)16;1-4(2)3;1-2/h9-11,13,16,23H,3,12,14-15H2,1-2,4-8H3;7-9H,6H2,1-5H3;1H2,2-3H3;1-2H3/b19-9-,22-20?;;;. The fourth-order valence-corrected chi connectivity index (χ4v) is 4.84. The molecule has 1 aromatic carbocycles. The molecule has 0 fully saturated rings. The number of allylic oxidation sites excluding steroid dienone is 8. The number of benzene rings is 1. The van der Waals surface area contributed by atoms with E-state index in [9.17, 15) is 8.78 Å². The number of halogens is 2. The molecule has 1 atom stereocenters. The van der Waals surface area contributed by atoms with Crippen molar-refractivity contribution in [1.82, 2.24) is 10.2 Å². The summed E-state index contributed by atoms with van der Waals surface area (Å²) in [4.78, 5) is 6.54. The van der Waals surface area contributed by atoms with Gasteiger partial charge >= 0.3 is 0 Å². The smallest absolute Gasteiger partial charge is 0.270 e. The second kappa shape index (κ2) is 21.2. The molecule has 0 aliphatic heterocycles. The first-order valence-electron chi connectivity index (χ1n) is 16.8. The van der Waals surface area contributed by atoms with Crippen LogP contribution in [0, 0.1) is 11.3 Å². The van der Waals surface area contributed by atoms with Gasteiger partial charge in [-0.25, -0.2) is 8.78 Å². The Morgan fingerprint density at radius 1 is 1.02 bits per heavy atom. The zero-order valence-corrected chi connectivity index (χ0v) is 32.5. The third-order valence-corrected chi connectivity index (χ3v) is 7.15. The molecule has 0 aromatic heterocycles. The monoisotopic (exact) mass is 642 g/mol. The highest BCUT2D eigenvalue weighted by atomic mass is 19.3. The van der Waals surface area contributed by atoms with Crippen LogP contribution in [0.25, 0.3) is 0 Å². The van der Waals surface area contributed by atoms with Crippen molar-refractivity contribution in [2.24, 2.45) is 16.3 Å². The number of alkyl halides is 2. The van der Waals surface area contributed by atoms with Crippen molar-refractivity contribution in [3.63, 3.8) is 0 Å². The highest BCUT2D eigenvalue weighted by Crippen LogP contribution is 2.34. The minimum atomic E-state index is -2.76. The van der Waals surface area contributed by atoms with Crippen LogP contribution in [0.3, 0.4) is 0 Å². The van der Waals surface area contributed by atoms with Gasteiger partial charge < -0.3 is 10.2 Å². The van der Waals surface area contributed by atoms with Gasteiger partial charge in [-0.05, 0) is 105 Å². The average molecular weight is 642 g/mol. The fraction of sp³-hybridized carbons (Fsp3) is 0.585. The van der Waals surface area contributed by atoms with Crippen molar-refractivity contribution < 1.29 is 8.78 Å². The number of hydrogen-bond donors (Lipinski definition) is 1. The van der Waals surface area contributed by atoms with Crippen molar-refractivity contribution >= 4 is 5.71 Å². The second-order valence-electron chi connectivity index (χ2n) is 14.4. The van der Waals surface area contributed by atoms with Gasteiger partial charge in [-0.3, -0.25) is 4.99 Å². The van der Waals surface area contributed by atoms with Crippen LogP contribution < -0.4 is 5.32 Å². The molecule has 0 spiro atoms. The molecular weight excluding hydrogens is 572 g/mol. The highest BCUT2D eigenvalue weighted by molar-refractivity contribution is 6.11. The molecule has 0 saturated carbocycles. The summed E-state index contributed by atoms with van der Waals surface area (Å²) in [5.41, 5.74) is 7.87. The maximum Gasteiger partial charge on any atom is 0.270 e. The Morgan fingerprint density at radius 3 is 1.98 bits per heavy atom. The van der Waals surface area contributed by atoms with Gasteiger partial charge in [0.1, 0.15) is 0 Å². The molecular formula is C41H69F2N3. The van der Waals surface area contributed by atoms with Gasteiger partial charge in [-0.1, -0.05) is 98.8 Å². The van der Waals surface area contributed by atoms with E-state index in [4.69, 9.17) is 0 Å². The number of nitrogens with zero attached hydrogens (tertiary/aromatic N) is 2. The summed E-state index contributed by atoms with van der Waals surface area (Å²) in [6.45, 7) is 35.6. The second-order valence-corrected chi connectivity index (χ2v) is 14.4. The van der Waals surface area contributed by atoms with E-state index in [-0.39, 0.29) is 16.4 Å². The van der Waals surface area contributed by atoms with Gasteiger partial charge in [0.2, 0.25) is 0 Å². The van der Waals surface area contributed by atoms with Crippen LogP contribution in [-0.2, 0) is 17.8 Å². The molecule has 0 bridgehead atoms. The van der Waals surface area contributed by atoms with E-state index >= 15 is 0 Å². The van der Waals surface area contributed by atoms with Crippen LogP contribution in [0.15, 0.2) is 83.1 Å². The van der Waals surface area contributed by atoms with Gasteiger partial charge in [-0.15, -0.1) is 6.58 Å². The Labute approximate surface area is 283 Å². The number of hydrogen-bond acceptors (Lipinski definition) is 3. The quantitative estimate of drug-likeness (QED) is 0.257. The summed E-state index contributed by atoms with van der Waals surface area (Å²) in [5.74, 6) is -2.36. The molecule has 46 heavy (non-hydrogen) atoms. The van der Waals surface area contributed by atoms with Crippen LogP contribution >= 0.6 is 0 Å². The molecule has 1 aliphatic carbocycles. The topological polar surface area (TPSA) is 27.6 Å². The largest absolute Gasteiger partial charge is 0.388 e. The van der Waals surface area contributed by atoms with E-state index in [1.165, 1.54) is 16.7 Å². The molecule has 0 amide bonds. The molecule has 0 heterocycles. The summed E-state index contributed by atoms with van der Waals surface area (Å²) in [6.07, 6.45) is 10.3. The predicted octanol–water partition coefficient (Wildman–Crippen LogP) is 11.5. The zero-order chi connectivity index (χ0) is 36.5. The molecule has 1 unspecified atom stereocenters. The van der Waals surface area contributed by atoms with E-state index in [1.54, 1.807) is 6.07 Å². The number of nitrogens with one attached hydrogen (secondary N) is 1. The molecule has 262 valence electrons. The average Bonchev–Trinajstić information content (AvgIpc) is 2.95. The normalized spacial score (nSPS) is 15.5. The lowest BCUT2D eigenvalue weighted by atomic mass is 9.84. The van der Waals surface area contributed by atoms with Gasteiger partial charge in [0.05, 0.1) is 5.71 Å². The lowest BCUT2D eigenvalue weighted by Gasteiger charge is -2.30. The Bertz CT molecular complexity index is 1200. The maximum absolute atomic E-state index is 13.5. The Balaban J connectivity index is 0. The SMILES string of the molecule is C=C(C)C.C=C(NCC(C)(C)CN(C)C)C(C)CC1=C/C(=C/C)C(=NC)C=C1.CC.CCc1ccc(C(C)(C)C)cc1C(C)(F)F. The first-order valence-corrected chi connectivity index (χ1v) is 16.8. The molecule has 0 saturated heterocycles. The van der Waals surface area contributed by atoms with Gasteiger partial charge in [0.25, 0.3) is 5.92 Å². The van der Waals surface area contributed by atoms with Crippen LogP contribution in [-0.4, -0.2) is 44.8 Å². The third-order valence-electron chi connectivity index (χ3n) is 7.15. The number of aliphatic imine (C=N–C) groups is 1. The number of rotatable bonds is 10. The highest BCUT2D eigenvalue weighted by Gasteiger charge is 2.28. The molecule has 3 nitrogen and oxygen atoms in total. The van der Waals surface area contributed by atoms with E-state index in [2.05, 4.69) is 94.5 Å². The molecule has 2 rings (SSSR count). The van der Waals surface area contributed by atoms with Gasteiger partial charge in [0.15, 0.2) is 0 Å². The minimum absolute atomic E-state index is 0.0910. The van der Waals surface area contributed by atoms with Gasteiger partial charge in [0, 0.05) is 38.3 Å². The predicted molar refractivity (Wildman–Crippen MR) is 204 cm³/mol. The summed E-state index contributed by atoms with van der Waals surface area (Å²) in [7, 11) is 6.08. The Kier molecular flexibility index (Phi) is 20.8. The Hall–Kier alpha value is -2.79. The lowest BCUT2D eigenvalue weighted by Crippen LogP contribution is -2.38. The maximum atomic E-state index is 13.5. The molecule has 0 radical (unpaired) electrons. The first kappa shape index (κ1) is 45.3. The van der Waals surface area contributed by atoms with Crippen LogP contribution in [0.1, 0.15) is 113 Å². The zero-order valence-electron chi connectivity index (χ0n) is 32.5.